The Morgan fingerprint density at radius 1 is 1.05 bits per heavy atom. The number of Topliss-reactive ketones (excluding diaryl/α,β-unsaturated/α-hetero) is 1. The van der Waals surface area contributed by atoms with E-state index in [9.17, 15) is 9.90 Å². The van der Waals surface area contributed by atoms with Gasteiger partial charge < -0.3 is 5.11 Å². The summed E-state index contributed by atoms with van der Waals surface area (Å²) in [5.41, 5.74) is 3.88. The number of aliphatic hydroxyl groups is 1. The quantitative estimate of drug-likeness (QED) is 0.910. The molecule has 1 N–H and O–H groups in total. The first-order valence-corrected chi connectivity index (χ1v) is 6.39. The number of carbonyl (C=O) groups is 1. The van der Waals surface area contributed by atoms with Crippen molar-refractivity contribution < 1.29 is 9.90 Å². The van der Waals surface area contributed by atoms with Crippen LogP contribution in [0.5, 0.6) is 0 Å². The molecule has 2 rings (SSSR count). The van der Waals surface area contributed by atoms with E-state index in [1.54, 1.807) is 12.1 Å². The van der Waals surface area contributed by atoms with Crippen molar-refractivity contribution in [1.29, 1.82) is 0 Å². The van der Waals surface area contributed by atoms with Crippen LogP contribution in [0.3, 0.4) is 0 Å². The lowest BCUT2D eigenvalue weighted by molar-refractivity contribution is -0.126. The normalized spacial score (nSPS) is 12.2. The van der Waals surface area contributed by atoms with Gasteiger partial charge in [0.05, 0.1) is 0 Å². The molecular weight excluding hydrogens is 236 g/mol. The third-order valence-electron chi connectivity index (χ3n) is 3.08. The summed E-state index contributed by atoms with van der Waals surface area (Å²) >= 11 is 0. The van der Waals surface area contributed by atoms with E-state index in [0.717, 1.165) is 16.7 Å². The molecule has 0 aliphatic rings. The number of carbonyl (C=O) groups excluding carboxylic acids is 1. The zero-order valence-electron chi connectivity index (χ0n) is 11.3. The lowest BCUT2D eigenvalue weighted by Crippen LogP contribution is -2.14. The fraction of sp³-hybridized carbons (Fsp3) is 0.235. The van der Waals surface area contributed by atoms with Crippen LogP contribution >= 0.6 is 0 Å². The van der Waals surface area contributed by atoms with Crippen LogP contribution < -0.4 is 0 Å². The Morgan fingerprint density at radius 2 is 1.63 bits per heavy atom. The summed E-state index contributed by atoms with van der Waals surface area (Å²) in [6.07, 6.45) is -0.777. The van der Waals surface area contributed by atoms with Gasteiger partial charge in [0.15, 0.2) is 5.78 Å². The first-order valence-electron chi connectivity index (χ1n) is 6.39. The molecule has 0 amide bonds. The second-order valence-corrected chi connectivity index (χ2v) is 4.95. The maximum Gasteiger partial charge on any atom is 0.170 e. The monoisotopic (exact) mass is 254 g/mol. The number of hydrogen-bond donors (Lipinski definition) is 1. The van der Waals surface area contributed by atoms with E-state index in [1.807, 2.05) is 44.2 Å². The van der Waals surface area contributed by atoms with Crippen LogP contribution in [0.4, 0.5) is 0 Å². The standard InChI is InChI=1S/C17H18O2/c1-12-8-13(2)10-14(9-12)11-16(18)17(19)15-6-4-3-5-7-15/h3-10,17,19H,11H2,1-2H3. The van der Waals surface area contributed by atoms with Crippen molar-refractivity contribution in [3.8, 4) is 0 Å². The number of aryl methyl sites for hydroxylation is 2. The number of hydrogen-bond acceptors (Lipinski definition) is 2. The van der Waals surface area contributed by atoms with E-state index in [1.165, 1.54) is 0 Å². The molecule has 0 radical (unpaired) electrons. The molecular formula is C17H18O2. The molecule has 0 bridgehead atoms. The van der Waals surface area contributed by atoms with Crippen LogP contribution in [-0.2, 0) is 11.2 Å². The predicted octanol–water partition coefficient (Wildman–Crippen LogP) is 3.15. The van der Waals surface area contributed by atoms with Crippen molar-refractivity contribution in [2.45, 2.75) is 26.4 Å². The Bertz CT molecular complexity index is 553. The predicted molar refractivity (Wildman–Crippen MR) is 76.0 cm³/mol. The molecule has 0 saturated carbocycles. The van der Waals surface area contributed by atoms with Gasteiger partial charge in [-0.2, -0.15) is 0 Å². The molecule has 1 unspecified atom stereocenters. The first-order chi connectivity index (χ1) is 9.06. The van der Waals surface area contributed by atoms with Crippen molar-refractivity contribution in [2.24, 2.45) is 0 Å². The van der Waals surface area contributed by atoms with Crippen LogP contribution in [0.15, 0.2) is 48.5 Å². The van der Waals surface area contributed by atoms with Gasteiger partial charge in [0, 0.05) is 6.42 Å². The molecule has 0 aromatic heterocycles. The minimum absolute atomic E-state index is 0.170. The van der Waals surface area contributed by atoms with Crippen molar-refractivity contribution in [2.75, 3.05) is 0 Å². The number of ketones is 1. The maximum absolute atomic E-state index is 12.1. The van der Waals surface area contributed by atoms with Gasteiger partial charge in [-0.1, -0.05) is 59.7 Å². The molecule has 98 valence electrons. The van der Waals surface area contributed by atoms with Gasteiger partial charge in [0.25, 0.3) is 0 Å². The van der Waals surface area contributed by atoms with Gasteiger partial charge in [-0.25, -0.2) is 0 Å². The SMILES string of the molecule is Cc1cc(C)cc(CC(=O)C(O)c2ccccc2)c1. The summed E-state index contributed by atoms with van der Waals surface area (Å²) in [4.78, 5) is 12.1. The van der Waals surface area contributed by atoms with Gasteiger partial charge in [0.2, 0.25) is 0 Å². The van der Waals surface area contributed by atoms with E-state index in [0.29, 0.717) is 5.56 Å². The molecule has 2 aromatic carbocycles. The highest BCUT2D eigenvalue weighted by Gasteiger charge is 2.17. The Kier molecular flexibility index (Phi) is 4.13. The Morgan fingerprint density at radius 3 is 2.21 bits per heavy atom. The highest BCUT2D eigenvalue weighted by molar-refractivity contribution is 5.86. The van der Waals surface area contributed by atoms with Crippen molar-refractivity contribution in [3.63, 3.8) is 0 Å². The number of rotatable bonds is 4. The zero-order valence-corrected chi connectivity index (χ0v) is 11.3. The molecule has 0 aliphatic heterocycles. The van der Waals surface area contributed by atoms with E-state index < -0.39 is 6.10 Å². The van der Waals surface area contributed by atoms with E-state index in [4.69, 9.17) is 0 Å². The van der Waals surface area contributed by atoms with Gasteiger partial charge in [-0.3, -0.25) is 4.79 Å². The number of aliphatic hydroxyl groups excluding tert-OH is 1. The van der Waals surface area contributed by atoms with Gasteiger partial charge in [-0.05, 0) is 25.0 Å². The van der Waals surface area contributed by atoms with Gasteiger partial charge >= 0.3 is 0 Å². The summed E-state index contributed by atoms with van der Waals surface area (Å²) in [5.74, 6) is -0.170. The average molecular weight is 254 g/mol. The molecule has 1 atom stereocenters. The molecule has 2 aromatic rings. The second kappa shape index (κ2) is 5.81. The fourth-order valence-corrected chi connectivity index (χ4v) is 2.29. The second-order valence-electron chi connectivity index (χ2n) is 4.95. The first kappa shape index (κ1) is 13.5. The summed E-state index contributed by atoms with van der Waals surface area (Å²) in [7, 11) is 0. The topological polar surface area (TPSA) is 37.3 Å². The van der Waals surface area contributed by atoms with Crippen LogP contribution in [0.1, 0.15) is 28.4 Å². The zero-order chi connectivity index (χ0) is 13.8. The summed E-state index contributed by atoms with van der Waals surface area (Å²) in [6, 6.07) is 15.1. The average Bonchev–Trinajstić information content (AvgIpc) is 2.37. The minimum atomic E-state index is -1.04. The van der Waals surface area contributed by atoms with Gasteiger partial charge in [-0.15, -0.1) is 0 Å². The largest absolute Gasteiger partial charge is 0.381 e. The third-order valence-corrected chi connectivity index (χ3v) is 3.08. The third kappa shape index (κ3) is 3.52. The molecule has 2 nitrogen and oxygen atoms in total. The van der Waals surface area contributed by atoms with Crippen LogP contribution in [0.25, 0.3) is 0 Å². The molecule has 0 fully saturated rings. The minimum Gasteiger partial charge on any atom is -0.381 e. The fourth-order valence-electron chi connectivity index (χ4n) is 2.29. The number of benzene rings is 2. The lowest BCUT2D eigenvalue weighted by Gasteiger charge is -2.10. The Balaban J connectivity index is 2.13. The highest BCUT2D eigenvalue weighted by Crippen LogP contribution is 2.17. The van der Waals surface area contributed by atoms with Crippen LogP contribution in [0.2, 0.25) is 0 Å². The summed E-state index contributed by atoms with van der Waals surface area (Å²) in [5, 5.41) is 10.0. The van der Waals surface area contributed by atoms with Crippen molar-refractivity contribution in [1.82, 2.24) is 0 Å². The molecule has 0 spiro atoms. The Hall–Kier alpha value is -1.93. The summed E-state index contributed by atoms with van der Waals surface area (Å²) < 4.78 is 0. The van der Waals surface area contributed by atoms with E-state index in [-0.39, 0.29) is 12.2 Å². The van der Waals surface area contributed by atoms with Crippen LogP contribution in [0, 0.1) is 13.8 Å². The molecule has 19 heavy (non-hydrogen) atoms. The molecule has 0 heterocycles. The summed E-state index contributed by atoms with van der Waals surface area (Å²) in [6.45, 7) is 4.02. The van der Waals surface area contributed by atoms with Gasteiger partial charge in [0.1, 0.15) is 6.10 Å². The smallest absolute Gasteiger partial charge is 0.170 e. The maximum atomic E-state index is 12.1. The van der Waals surface area contributed by atoms with Crippen LogP contribution in [-0.4, -0.2) is 10.9 Å². The molecule has 0 saturated heterocycles. The lowest BCUT2D eigenvalue weighted by atomic mass is 9.98. The molecule has 2 heteroatoms. The van der Waals surface area contributed by atoms with E-state index >= 15 is 0 Å². The Labute approximate surface area is 113 Å². The van der Waals surface area contributed by atoms with E-state index in [2.05, 4.69) is 6.07 Å². The van der Waals surface area contributed by atoms with Crippen molar-refractivity contribution >= 4 is 5.78 Å². The highest BCUT2D eigenvalue weighted by atomic mass is 16.3. The van der Waals surface area contributed by atoms with Crippen molar-refractivity contribution in [3.05, 3.63) is 70.8 Å². The molecule has 0 aliphatic carbocycles.